The molecule has 416 valence electrons. The molecule has 71 heavy (non-hydrogen) atoms. The van der Waals surface area contributed by atoms with Crippen LogP contribution in [0.25, 0.3) is 0 Å². The smallest absolute Gasteiger partial charge is 0.305 e. The molecule has 6 nitrogen and oxygen atoms in total. The molecule has 0 radical (unpaired) electrons. The molecule has 6 heteroatoms. The van der Waals surface area contributed by atoms with Gasteiger partial charge in [-0.1, -0.05) is 274 Å². The summed E-state index contributed by atoms with van der Waals surface area (Å²) in [4.78, 5) is 24.5. The Morgan fingerprint density at radius 2 is 0.704 bits per heavy atom. The van der Waals surface area contributed by atoms with Gasteiger partial charge in [-0.3, -0.25) is 9.59 Å². The molecule has 0 aliphatic rings. The van der Waals surface area contributed by atoms with Gasteiger partial charge in [-0.15, -0.1) is 0 Å². The van der Waals surface area contributed by atoms with Crippen molar-refractivity contribution in [3.8, 4) is 0 Å². The molecule has 0 aromatic rings. The molecule has 0 spiro atoms. The minimum absolute atomic E-state index is 0.00111. The van der Waals surface area contributed by atoms with Crippen molar-refractivity contribution in [3.05, 3.63) is 48.6 Å². The Labute approximate surface area is 442 Å². The molecule has 0 saturated carbocycles. The van der Waals surface area contributed by atoms with Gasteiger partial charge in [-0.05, 0) is 89.9 Å². The van der Waals surface area contributed by atoms with Crippen LogP contribution in [0, 0.1) is 0 Å². The van der Waals surface area contributed by atoms with Crippen LogP contribution in [0.1, 0.15) is 328 Å². The SMILES string of the molecule is CCCCCCCCC/C=C\CCCCCCCC(=O)OCCCCCCCCCCC/C=C\C/C=C\CCCCCCCCCC(=O)NC(CO)C(O)/C=C/CCCCCCCCCCCCCCC. The minimum atomic E-state index is -0.852. The van der Waals surface area contributed by atoms with E-state index in [-0.39, 0.29) is 18.5 Å². The lowest BCUT2D eigenvalue weighted by molar-refractivity contribution is -0.143. The van der Waals surface area contributed by atoms with E-state index in [4.69, 9.17) is 4.74 Å². The lowest BCUT2D eigenvalue weighted by Crippen LogP contribution is -2.45. The van der Waals surface area contributed by atoms with Crippen LogP contribution in [0.2, 0.25) is 0 Å². The van der Waals surface area contributed by atoms with Crippen LogP contribution in [0.15, 0.2) is 48.6 Å². The Hall–Kier alpha value is -2.18. The molecule has 0 aliphatic carbocycles. The van der Waals surface area contributed by atoms with E-state index in [9.17, 15) is 19.8 Å². The third kappa shape index (κ3) is 57.0. The number of ether oxygens (including phenoxy) is 1. The number of rotatable bonds is 58. The minimum Gasteiger partial charge on any atom is -0.466 e. The Kier molecular flexibility index (Phi) is 58.5. The van der Waals surface area contributed by atoms with Crippen LogP contribution >= 0.6 is 0 Å². The average molecular weight is 997 g/mol. The molecule has 0 rings (SSSR count). The quantitative estimate of drug-likeness (QED) is 0.0321. The van der Waals surface area contributed by atoms with E-state index in [1.807, 2.05) is 6.08 Å². The van der Waals surface area contributed by atoms with Crippen LogP contribution in [0.5, 0.6) is 0 Å². The molecule has 2 atom stereocenters. The summed E-state index contributed by atoms with van der Waals surface area (Å²) in [6.07, 6.45) is 77.2. The standard InChI is InChI=1S/C65H121NO5/c1-3-5-7-9-11-13-15-17-19-31-35-39-43-47-51-55-59-65(70)71-60-56-52-48-44-40-36-32-28-26-24-22-20-21-23-25-27-30-34-38-42-46-50-54-58-64(69)66-62(61-67)63(68)57-53-49-45-41-37-33-29-18-16-14-12-10-8-6-4-2/h19-20,22-23,25,31,53,57,62-63,67-68H,3-18,21,24,26-30,32-52,54-56,58-61H2,1-2H3,(H,66,69)/b22-20-,25-23-,31-19-,57-53+. The number of nitrogens with one attached hydrogen (secondary N) is 1. The number of hydrogen-bond acceptors (Lipinski definition) is 5. The summed E-state index contributed by atoms with van der Waals surface area (Å²) in [5, 5.41) is 23.1. The van der Waals surface area contributed by atoms with Crippen molar-refractivity contribution in [2.75, 3.05) is 13.2 Å². The van der Waals surface area contributed by atoms with E-state index < -0.39 is 12.1 Å². The lowest BCUT2D eigenvalue weighted by Gasteiger charge is -2.20. The van der Waals surface area contributed by atoms with Gasteiger partial charge in [-0.25, -0.2) is 0 Å². The van der Waals surface area contributed by atoms with E-state index in [2.05, 4.69) is 55.6 Å². The van der Waals surface area contributed by atoms with Gasteiger partial charge in [0, 0.05) is 12.8 Å². The zero-order valence-corrected chi connectivity index (χ0v) is 47.5. The second-order valence-corrected chi connectivity index (χ2v) is 21.4. The van der Waals surface area contributed by atoms with Crippen molar-refractivity contribution >= 4 is 11.9 Å². The van der Waals surface area contributed by atoms with Crippen molar-refractivity contribution in [1.29, 1.82) is 0 Å². The summed E-state index contributed by atoms with van der Waals surface area (Å²) in [5.74, 6) is -0.0791. The molecule has 3 N–H and O–H groups in total. The molecule has 0 aliphatic heterocycles. The van der Waals surface area contributed by atoms with Crippen LogP contribution in [0.3, 0.4) is 0 Å². The van der Waals surface area contributed by atoms with Crippen molar-refractivity contribution in [2.45, 2.75) is 341 Å². The summed E-state index contributed by atoms with van der Waals surface area (Å²) >= 11 is 0. The number of unbranched alkanes of at least 4 members (excludes halogenated alkanes) is 41. The highest BCUT2D eigenvalue weighted by molar-refractivity contribution is 5.76. The summed E-state index contributed by atoms with van der Waals surface area (Å²) in [5.41, 5.74) is 0. The first kappa shape index (κ1) is 68.8. The normalized spacial score (nSPS) is 12.9. The van der Waals surface area contributed by atoms with Gasteiger partial charge in [0.2, 0.25) is 5.91 Å². The fraction of sp³-hybridized carbons (Fsp3) is 0.846. The Balaban J connectivity index is 3.47. The van der Waals surface area contributed by atoms with Gasteiger partial charge in [0.25, 0.3) is 0 Å². The fourth-order valence-electron chi connectivity index (χ4n) is 9.48. The van der Waals surface area contributed by atoms with Gasteiger partial charge in [0.05, 0.1) is 25.4 Å². The molecule has 0 heterocycles. The number of aliphatic hydroxyl groups excluding tert-OH is 2. The van der Waals surface area contributed by atoms with E-state index >= 15 is 0 Å². The van der Waals surface area contributed by atoms with Crippen LogP contribution in [-0.2, 0) is 14.3 Å². The first-order valence-corrected chi connectivity index (χ1v) is 31.4. The second-order valence-electron chi connectivity index (χ2n) is 21.4. The van der Waals surface area contributed by atoms with Gasteiger partial charge in [0.15, 0.2) is 0 Å². The average Bonchev–Trinajstić information content (AvgIpc) is 3.37. The number of carbonyl (C=O) groups is 2. The maximum absolute atomic E-state index is 12.5. The third-order valence-electron chi connectivity index (χ3n) is 14.3. The third-order valence-corrected chi connectivity index (χ3v) is 14.3. The molecule has 0 fully saturated rings. The van der Waals surface area contributed by atoms with E-state index in [1.54, 1.807) is 6.08 Å². The van der Waals surface area contributed by atoms with Gasteiger partial charge in [-0.2, -0.15) is 0 Å². The lowest BCUT2D eigenvalue weighted by atomic mass is 10.0. The van der Waals surface area contributed by atoms with E-state index in [0.29, 0.717) is 19.4 Å². The molecule has 0 saturated heterocycles. The predicted molar refractivity (Wildman–Crippen MR) is 310 cm³/mol. The van der Waals surface area contributed by atoms with Crippen LogP contribution < -0.4 is 5.32 Å². The van der Waals surface area contributed by atoms with Crippen molar-refractivity contribution in [3.63, 3.8) is 0 Å². The second kappa shape index (κ2) is 60.4. The highest BCUT2D eigenvalue weighted by Gasteiger charge is 2.18. The zero-order chi connectivity index (χ0) is 51.4. The van der Waals surface area contributed by atoms with E-state index in [0.717, 1.165) is 64.2 Å². The fourth-order valence-corrected chi connectivity index (χ4v) is 9.48. The number of carbonyl (C=O) groups excluding carboxylic acids is 2. The van der Waals surface area contributed by atoms with Crippen molar-refractivity contribution < 1.29 is 24.5 Å². The zero-order valence-electron chi connectivity index (χ0n) is 47.5. The molecule has 1 amide bonds. The maximum Gasteiger partial charge on any atom is 0.305 e. The molecule has 0 aromatic heterocycles. The monoisotopic (exact) mass is 996 g/mol. The predicted octanol–water partition coefficient (Wildman–Crippen LogP) is 19.7. The van der Waals surface area contributed by atoms with Gasteiger partial charge < -0.3 is 20.3 Å². The topological polar surface area (TPSA) is 95.9 Å². The number of hydrogen-bond donors (Lipinski definition) is 3. The maximum atomic E-state index is 12.5. The molecule has 2 unspecified atom stereocenters. The molecular weight excluding hydrogens is 875 g/mol. The van der Waals surface area contributed by atoms with Crippen molar-refractivity contribution in [1.82, 2.24) is 5.32 Å². The molecule has 0 aromatic carbocycles. The molecule has 0 bridgehead atoms. The van der Waals surface area contributed by atoms with Crippen LogP contribution in [-0.4, -0.2) is 47.4 Å². The first-order chi connectivity index (χ1) is 35.0. The Morgan fingerprint density at radius 1 is 0.394 bits per heavy atom. The highest BCUT2D eigenvalue weighted by Crippen LogP contribution is 2.16. The Morgan fingerprint density at radius 3 is 1.08 bits per heavy atom. The van der Waals surface area contributed by atoms with Crippen molar-refractivity contribution in [2.24, 2.45) is 0 Å². The highest BCUT2D eigenvalue weighted by atomic mass is 16.5. The summed E-state index contributed by atoms with van der Waals surface area (Å²) < 4.78 is 5.48. The van der Waals surface area contributed by atoms with Gasteiger partial charge >= 0.3 is 5.97 Å². The largest absolute Gasteiger partial charge is 0.466 e. The van der Waals surface area contributed by atoms with Crippen LogP contribution in [0.4, 0.5) is 0 Å². The summed E-state index contributed by atoms with van der Waals surface area (Å²) in [6, 6.07) is -0.636. The number of amides is 1. The molecular formula is C65H121NO5. The number of esters is 1. The summed E-state index contributed by atoms with van der Waals surface area (Å²) in [7, 11) is 0. The first-order valence-electron chi connectivity index (χ1n) is 31.4. The Bertz CT molecular complexity index is 1190. The number of aliphatic hydroxyl groups is 2. The number of allylic oxidation sites excluding steroid dienone is 7. The summed E-state index contributed by atoms with van der Waals surface area (Å²) in [6.45, 7) is 4.90. The van der Waals surface area contributed by atoms with Gasteiger partial charge in [0.1, 0.15) is 0 Å². The van der Waals surface area contributed by atoms with E-state index in [1.165, 1.54) is 238 Å².